The minimum Gasteiger partial charge on any atom is -0.487 e. The second-order valence-electron chi connectivity index (χ2n) is 10.8. The zero-order valence-corrected chi connectivity index (χ0v) is 23.3. The Kier molecular flexibility index (Phi) is 7.68. The maximum atomic E-state index is 11.7. The SMILES string of the molecule is CC(C)n1ncc(COc2cnc3cc(N4CCOCC4)nc(O[C@H]4CC[C@@H](n5ccnc5)CC4)c3c2)c1[N+](=O)[O-]. The van der Waals surface area contributed by atoms with Crippen molar-refractivity contribution in [1.29, 1.82) is 0 Å². The molecule has 0 bridgehead atoms. The molecule has 0 amide bonds. The average molecular weight is 563 g/mol. The summed E-state index contributed by atoms with van der Waals surface area (Å²) >= 11 is 0. The summed E-state index contributed by atoms with van der Waals surface area (Å²) in [6, 6.07) is 4.09. The highest BCUT2D eigenvalue weighted by Crippen LogP contribution is 2.35. The first-order chi connectivity index (χ1) is 20.0. The molecule has 1 aliphatic carbocycles. The first-order valence-electron chi connectivity index (χ1n) is 14.1. The van der Waals surface area contributed by atoms with Gasteiger partial charge in [-0.2, -0.15) is 4.98 Å². The van der Waals surface area contributed by atoms with E-state index in [4.69, 9.17) is 19.2 Å². The fourth-order valence-electron chi connectivity index (χ4n) is 5.52. The summed E-state index contributed by atoms with van der Waals surface area (Å²) in [4.78, 5) is 27.3. The number of aromatic nitrogens is 6. The predicted molar refractivity (Wildman–Crippen MR) is 150 cm³/mol. The Bertz CT molecular complexity index is 1490. The number of hydrogen-bond acceptors (Lipinski definition) is 10. The van der Waals surface area contributed by atoms with Gasteiger partial charge < -0.3 is 33.8 Å². The van der Waals surface area contributed by atoms with Crippen LogP contribution in [0.15, 0.2) is 43.2 Å². The number of anilines is 1. The van der Waals surface area contributed by atoms with Crippen molar-refractivity contribution in [3.05, 3.63) is 58.9 Å². The van der Waals surface area contributed by atoms with E-state index >= 15 is 0 Å². The van der Waals surface area contributed by atoms with E-state index in [2.05, 4.69) is 24.5 Å². The van der Waals surface area contributed by atoms with Crippen LogP contribution in [0.5, 0.6) is 11.6 Å². The minimum atomic E-state index is -0.422. The van der Waals surface area contributed by atoms with Crippen LogP contribution in [-0.2, 0) is 11.3 Å². The van der Waals surface area contributed by atoms with Crippen molar-refractivity contribution in [3.8, 4) is 11.6 Å². The fraction of sp³-hybridized carbons (Fsp3) is 0.500. The molecule has 0 N–H and O–H groups in total. The zero-order valence-electron chi connectivity index (χ0n) is 23.3. The first-order valence-corrected chi connectivity index (χ1v) is 14.1. The van der Waals surface area contributed by atoms with E-state index in [1.807, 2.05) is 44.7 Å². The summed E-state index contributed by atoms with van der Waals surface area (Å²) in [6.45, 7) is 6.48. The van der Waals surface area contributed by atoms with Crippen LogP contribution in [0.25, 0.3) is 10.9 Å². The van der Waals surface area contributed by atoms with Crippen LogP contribution in [0.2, 0.25) is 0 Å². The van der Waals surface area contributed by atoms with E-state index < -0.39 is 4.92 Å². The number of imidazole rings is 1. The van der Waals surface area contributed by atoms with Crippen LogP contribution in [0.1, 0.15) is 57.2 Å². The van der Waals surface area contributed by atoms with Gasteiger partial charge in [0.15, 0.2) is 0 Å². The van der Waals surface area contributed by atoms with Gasteiger partial charge in [0.1, 0.15) is 35.9 Å². The third-order valence-corrected chi connectivity index (χ3v) is 7.71. The van der Waals surface area contributed by atoms with Gasteiger partial charge in [0, 0.05) is 37.6 Å². The predicted octanol–water partition coefficient (Wildman–Crippen LogP) is 4.49. The maximum Gasteiger partial charge on any atom is 0.351 e. The van der Waals surface area contributed by atoms with Gasteiger partial charge in [0.05, 0.1) is 42.8 Å². The van der Waals surface area contributed by atoms with Crippen molar-refractivity contribution < 1.29 is 19.1 Å². The summed E-state index contributed by atoms with van der Waals surface area (Å²) < 4.78 is 21.7. The summed E-state index contributed by atoms with van der Waals surface area (Å²) in [6.07, 6.45) is 12.7. The lowest BCUT2D eigenvalue weighted by Gasteiger charge is -2.31. The van der Waals surface area contributed by atoms with Crippen molar-refractivity contribution in [2.45, 2.75) is 64.3 Å². The van der Waals surface area contributed by atoms with Crippen molar-refractivity contribution in [2.24, 2.45) is 0 Å². The molecule has 0 spiro atoms. The summed E-state index contributed by atoms with van der Waals surface area (Å²) in [5, 5.41) is 16.6. The molecule has 4 aromatic heterocycles. The number of ether oxygens (including phenoxy) is 3. The first kappa shape index (κ1) is 26.9. The molecule has 4 aromatic rings. The third-order valence-electron chi connectivity index (χ3n) is 7.71. The van der Waals surface area contributed by atoms with E-state index in [9.17, 15) is 10.1 Å². The molecular weight excluding hydrogens is 528 g/mol. The third kappa shape index (κ3) is 5.80. The van der Waals surface area contributed by atoms with E-state index in [0.717, 1.165) is 55.5 Å². The van der Waals surface area contributed by atoms with Crippen LogP contribution in [-0.4, -0.2) is 66.6 Å². The zero-order chi connectivity index (χ0) is 28.3. The van der Waals surface area contributed by atoms with Crippen molar-refractivity contribution in [3.63, 3.8) is 0 Å². The summed E-state index contributed by atoms with van der Waals surface area (Å²) in [7, 11) is 0. The molecule has 1 aliphatic heterocycles. The second kappa shape index (κ2) is 11.7. The quantitative estimate of drug-likeness (QED) is 0.212. The van der Waals surface area contributed by atoms with Gasteiger partial charge >= 0.3 is 5.82 Å². The standard InChI is InChI=1S/C28H34N8O5/c1-19(2)35-28(36(37)38)20(15-31-35)17-40-23-13-24-25(30-16-23)14-26(33-9-11-39-12-10-33)32-27(24)41-22-5-3-21(4-6-22)34-8-7-29-18-34/h7-8,13-16,18-19,21-22H,3-6,9-12,17H2,1-2H3/t21-,22+. The molecule has 0 atom stereocenters. The monoisotopic (exact) mass is 562 g/mol. The summed E-state index contributed by atoms with van der Waals surface area (Å²) in [5.74, 6) is 1.73. The molecule has 2 aliphatic rings. The van der Waals surface area contributed by atoms with Gasteiger partial charge in [-0.1, -0.05) is 5.10 Å². The molecule has 2 fully saturated rings. The smallest absolute Gasteiger partial charge is 0.351 e. The molecule has 13 heteroatoms. The van der Waals surface area contributed by atoms with Gasteiger partial charge in [0.2, 0.25) is 5.88 Å². The van der Waals surface area contributed by atoms with E-state index in [0.29, 0.717) is 36.4 Å². The Balaban J connectivity index is 1.25. The summed E-state index contributed by atoms with van der Waals surface area (Å²) in [5.41, 5.74) is 1.14. The Morgan fingerprint density at radius 2 is 1.95 bits per heavy atom. The molecular formula is C28H34N8O5. The molecule has 0 unspecified atom stereocenters. The van der Waals surface area contributed by atoms with Crippen LogP contribution in [0.3, 0.4) is 0 Å². The molecule has 1 saturated carbocycles. The Labute approximate surface area is 237 Å². The van der Waals surface area contributed by atoms with Crippen molar-refractivity contribution in [1.82, 2.24) is 29.3 Å². The van der Waals surface area contributed by atoms with Crippen LogP contribution < -0.4 is 14.4 Å². The largest absolute Gasteiger partial charge is 0.487 e. The highest BCUT2D eigenvalue weighted by molar-refractivity contribution is 5.87. The highest BCUT2D eigenvalue weighted by Gasteiger charge is 2.27. The Morgan fingerprint density at radius 3 is 2.66 bits per heavy atom. The lowest BCUT2D eigenvalue weighted by molar-refractivity contribution is -0.394. The lowest BCUT2D eigenvalue weighted by Crippen LogP contribution is -2.36. The van der Waals surface area contributed by atoms with Crippen molar-refractivity contribution in [2.75, 3.05) is 31.2 Å². The topological polar surface area (TPSA) is 135 Å². The number of rotatable bonds is 9. The maximum absolute atomic E-state index is 11.7. The van der Waals surface area contributed by atoms with Crippen molar-refractivity contribution >= 4 is 22.5 Å². The molecule has 1 saturated heterocycles. The number of morpholine rings is 1. The lowest BCUT2D eigenvalue weighted by atomic mass is 9.93. The Morgan fingerprint density at radius 1 is 1.15 bits per heavy atom. The number of fused-ring (bicyclic) bond motifs is 1. The molecule has 0 radical (unpaired) electrons. The molecule has 6 rings (SSSR count). The average Bonchev–Trinajstić information content (AvgIpc) is 3.68. The number of nitro groups is 1. The van der Waals surface area contributed by atoms with Crippen LogP contribution in [0, 0.1) is 10.1 Å². The molecule has 13 nitrogen and oxygen atoms in total. The molecule has 0 aromatic carbocycles. The molecule has 5 heterocycles. The van der Waals surface area contributed by atoms with E-state index in [-0.39, 0.29) is 24.6 Å². The fourth-order valence-corrected chi connectivity index (χ4v) is 5.52. The van der Waals surface area contributed by atoms with Gasteiger partial charge in [-0.15, -0.1) is 4.68 Å². The van der Waals surface area contributed by atoms with Gasteiger partial charge in [-0.3, -0.25) is 4.98 Å². The van der Waals surface area contributed by atoms with Crippen LogP contribution in [0.4, 0.5) is 11.6 Å². The molecule has 41 heavy (non-hydrogen) atoms. The number of nitrogens with zero attached hydrogens (tertiary/aromatic N) is 8. The second-order valence-corrected chi connectivity index (χ2v) is 10.8. The normalized spacial score (nSPS) is 19.5. The van der Waals surface area contributed by atoms with Gasteiger partial charge in [0.25, 0.3) is 0 Å². The molecule has 216 valence electrons. The highest BCUT2D eigenvalue weighted by atomic mass is 16.6. The van der Waals surface area contributed by atoms with Crippen LogP contribution >= 0.6 is 0 Å². The van der Waals surface area contributed by atoms with E-state index in [1.165, 1.54) is 10.9 Å². The van der Waals surface area contributed by atoms with E-state index in [1.54, 1.807) is 6.20 Å². The van der Waals surface area contributed by atoms with Gasteiger partial charge in [-0.05, 0) is 50.5 Å². The minimum absolute atomic E-state index is 0.00996. The number of hydrogen-bond donors (Lipinski definition) is 0. The Hall–Kier alpha value is -4.26. The number of pyridine rings is 2. The van der Waals surface area contributed by atoms with Gasteiger partial charge in [-0.25, -0.2) is 4.98 Å².